The van der Waals surface area contributed by atoms with E-state index in [0.717, 1.165) is 19.4 Å². The van der Waals surface area contributed by atoms with Gasteiger partial charge in [0, 0.05) is 12.6 Å². The zero-order valence-electron chi connectivity index (χ0n) is 12.1. The van der Waals surface area contributed by atoms with Gasteiger partial charge < -0.3 is 10.1 Å². The molecular formula is C15H26F3NO. The van der Waals surface area contributed by atoms with Crippen molar-refractivity contribution < 1.29 is 17.9 Å². The maximum absolute atomic E-state index is 12.5. The minimum Gasteiger partial charge on any atom is -0.377 e. The topological polar surface area (TPSA) is 21.3 Å². The van der Waals surface area contributed by atoms with E-state index in [-0.39, 0.29) is 18.9 Å². The van der Waals surface area contributed by atoms with E-state index in [9.17, 15) is 13.2 Å². The van der Waals surface area contributed by atoms with E-state index in [4.69, 9.17) is 4.74 Å². The molecule has 118 valence electrons. The van der Waals surface area contributed by atoms with Crippen LogP contribution in [0.25, 0.3) is 0 Å². The van der Waals surface area contributed by atoms with Crippen molar-refractivity contribution in [3.63, 3.8) is 0 Å². The molecule has 0 atom stereocenters. The second-order valence-corrected chi connectivity index (χ2v) is 6.18. The fourth-order valence-corrected chi connectivity index (χ4v) is 3.35. The molecule has 2 nitrogen and oxygen atoms in total. The molecule has 2 fully saturated rings. The zero-order chi connectivity index (χ0) is 14.4. The third-order valence-electron chi connectivity index (χ3n) is 4.63. The number of alkyl halides is 3. The van der Waals surface area contributed by atoms with Crippen LogP contribution in [0.4, 0.5) is 13.2 Å². The standard InChI is InChI=1S/C15H26F3NO/c16-15(17,18)12-6-8-13(9-7-12)19-10-11-20-14-4-2-1-3-5-14/h12-14,19H,1-11H2. The highest BCUT2D eigenvalue weighted by atomic mass is 19.4. The van der Waals surface area contributed by atoms with Crippen molar-refractivity contribution in [1.29, 1.82) is 0 Å². The van der Waals surface area contributed by atoms with Crippen molar-refractivity contribution in [3.05, 3.63) is 0 Å². The van der Waals surface area contributed by atoms with Gasteiger partial charge in [-0.15, -0.1) is 0 Å². The van der Waals surface area contributed by atoms with Crippen molar-refractivity contribution in [2.45, 2.75) is 76.1 Å². The molecule has 0 heterocycles. The summed E-state index contributed by atoms with van der Waals surface area (Å²) in [5.41, 5.74) is 0. The molecule has 2 aliphatic carbocycles. The predicted molar refractivity (Wildman–Crippen MR) is 72.6 cm³/mol. The lowest BCUT2D eigenvalue weighted by atomic mass is 9.85. The lowest BCUT2D eigenvalue weighted by molar-refractivity contribution is -0.182. The summed E-state index contributed by atoms with van der Waals surface area (Å²) in [4.78, 5) is 0. The van der Waals surface area contributed by atoms with Gasteiger partial charge in [-0.1, -0.05) is 19.3 Å². The normalized spacial score (nSPS) is 29.6. The summed E-state index contributed by atoms with van der Waals surface area (Å²) in [6.45, 7) is 1.45. The molecule has 2 aliphatic rings. The highest BCUT2D eigenvalue weighted by Gasteiger charge is 2.41. The highest BCUT2D eigenvalue weighted by Crippen LogP contribution is 2.37. The Kier molecular flexibility index (Phi) is 6.15. The van der Waals surface area contributed by atoms with Crippen molar-refractivity contribution in [2.24, 2.45) is 5.92 Å². The second-order valence-electron chi connectivity index (χ2n) is 6.18. The predicted octanol–water partition coefficient (Wildman–Crippen LogP) is 4.05. The van der Waals surface area contributed by atoms with Gasteiger partial charge in [0.15, 0.2) is 0 Å². The number of hydrogen-bond donors (Lipinski definition) is 1. The third kappa shape index (κ3) is 5.24. The first-order chi connectivity index (χ1) is 9.55. The number of ether oxygens (including phenoxy) is 1. The molecule has 1 N–H and O–H groups in total. The minimum atomic E-state index is -4.00. The Morgan fingerprint density at radius 2 is 1.55 bits per heavy atom. The molecule has 0 saturated heterocycles. The Hall–Kier alpha value is -0.290. The van der Waals surface area contributed by atoms with Gasteiger partial charge in [0.05, 0.1) is 18.6 Å². The smallest absolute Gasteiger partial charge is 0.377 e. The molecule has 2 rings (SSSR count). The van der Waals surface area contributed by atoms with E-state index in [1.165, 1.54) is 19.3 Å². The average molecular weight is 293 g/mol. The number of halogens is 3. The fourth-order valence-electron chi connectivity index (χ4n) is 3.35. The van der Waals surface area contributed by atoms with E-state index < -0.39 is 12.1 Å². The monoisotopic (exact) mass is 293 g/mol. The van der Waals surface area contributed by atoms with Gasteiger partial charge in [0.2, 0.25) is 0 Å². The van der Waals surface area contributed by atoms with Crippen LogP contribution in [-0.4, -0.2) is 31.5 Å². The zero-order valence-corrected chi connectivity index (χ0v) is 12.1. The van der Waals surface area contributed by atoms with Crippen LogP contribution in [0.15, 0.2) is 0 Å². The van der Waals surface area contributed by atoms with E-state index in [1.54, 1.807) is 0 Å². The minimum absolute atomic E-state index is 0.239. The quantitative estimate of drug-likeness (QED) is 0.772. The Labute approximate surface area is 119 Å². The molecule has 0 aromatic heterocycles. The Balaban J connectivity index is 1.53. The highest BCUT2D eigenvalue weighted by molar-refractivity contribution is 4.80. The van der Waals surface area contributed by atoms with Crippen molar-refractivity contribution in [1.82, 2.24) is 5.32 Å². The third-order valence-corrected chi connectivity index (χ3v) is 4.63. The first kappa shape index (κ1) is 16.1. The molecule has 0 unspecified atom stereocenters. The van der Waals surface area contributed by atoms with Crippen molar-refractivity contribution in [3.8, 4) is 0 Å². The SMILES string of the molecule is FC(F)(F)C1CCC(NCCOC2CCCCC2)CC1. The molecule has 0 aromatic rings. The maximum Gasteiger partial charge on any atom is 0.391 e. The molecule has 0 radical (unpaired) electrons. The van der Waals surface area contributed by atoms with E-state index >= 15 is 0 Å². The first-order valence-corrected chi connectivity index (χ1v) is 7.97. The van der Waals surface area contributed by atoms with Crippen LogP contribution in [-0.2, 0) is 4.74 Å². The van der Waals surface area contributed by atoms with Crippen LogP contribution in [0.3, 0.4) is 0 Å². The summed E-state index contributed by atoms with van der Waals surface area (Å²) in [6.07, 6.45) is 4.38. The van der Waals surface area contributed by atoms with Crippen LogP contribution < -0.4 is 5.32 Å². The summed E-state index contributed by atoms with van der Waals surface area (Å²) in [7, 11) is 0. The van der Waals surface area contributed by atoms with Crippen molar-refractivity contribution in [2.75, 3.05) is 13.2 Å². The maximum atomic E-state index is 12.5. The Bertz CT molecular complexity index is 269. The van der Waals surface area contributed by atoms with Gasteiger partial charge in [-0.2, -0.15) is 13.2 Å². The van der Waals surface area contributed by atoms with Crippen molar-refractivity contribution >= 4 is 0 Å². The summed E-state index contributed by atoms with van der Waals surface area (Å²) in [6, 6.07) is 0.239. The van der Waals surface area contributed by atoms with Gasteiger partial charge in [-0.25, -0.2) is 0 Å². The molecule has 0 aromatic carbocycles. The van der Waals surface area contributed by atoms with Crippen LogP contribution in [0.5, 0.6) is 0 Å². The molecule has 5 heteroatoms. The molecule has 0 bridgehead atoms. The van der Waals surface area contributed by atoms with E-state index in [1.807, 2.05) is 0 Å². The number of rotatable bonds is 5. The summed E-state index contributed by atoms with van der Waals surface area (Å²) < 4.78 is 43.4. The second kappa shape index (κ2) is 7.64. The van der Waals surface area contributed by atoms with Crippen LogP contribution in [0, 0.1) is 5.92 Å². The number of hydrogen-bond acceptors (Lipinski definition) is 2. The van der Waals surface area contributed by atoms with Gasteiger partial charge in [-0.05, 0) is 38.5 Å². The summed E-state index contributed by atoms with van der Waals surface area (Å²) in [5, 5.41) is 3.34. The molecular weight excluding hydrogens is 267 g/mol. The van der Waals surface area contributed by atoms with Crippen LogP contribution >= 0.6 is 0 Å². The fraction of sp³-hybridized carbons (Fsp3) is 1.00. The largest absolute Gasteiger partial charge is 0.391 e. The first-order valence-electron chi connectivity index (χ1n) is 7.97. The molecule has 0 amide bonds. The molecule has 0 aliphatic heterocycles. The van der Waals surface area contributed by atoms with Crippen LogP contribution in [0.2, 0.25) is 0 Å². The van der Waals surface area contributed by atoms with Gasteiger partial charge in [-0.3, -0.25) is 0 Å². The lowest BCUT2D eigenvalue weighted by Crippen LogP contribution is -2.38. The lowest BCUT2D eigenvalue weighted by Gasteiger charge is -2.30. The summed E-state index contributed by atoms with van der Waals surface area (Å²) >= 11 is 0. The van der Waals surface area contributed by atoms with Crippen LogP contribution in [0.1, 0.15) is 57.8 Å². The van der Waals surface area contributed by atoms with Gasteiger partial charge >= 0.3 is 6.18 Å². The Morgan fingerprint density at radius 1 is 0.900 bits per heavy atom. The average Bonchev–Trinajstić information content (AvgIpc) is 2.44. The van der Waals surface area contributed by atoms with E-state index in [0.29, 0.717) is 25.6 Å². The number of nitrogens with one attached hydrogen (secondary N) is 1. The molecule has 0 spiro atoms. The Morgan fingerprint density at radius 3 is 2.15 bits per heavy atom. The van der Waals surface area contributed by atoms with Gasteiger partial charge in [0.1, 0.15) is 0 Å². The molecule has 20 heavy (non-hydrogen) atoms. The van der Waals surface area contributed by atoms with Gasteiger partial charge in [0.25, 0.3) is 0 Å². The summed E-state index contributed by atoms with van der Waals surface area (Å²) in [5.74, 6) is -1.08. The van der Waals surface area contributed by atoms with E-state index in [2.05, 4.69) is 5.32 Å². The molecule has 2 saturated carbocycles.